The molecule has 134 valence electrons. The molecule has 0 spiro atoms. The van der Waals surface area contributed by atoms with Gasteiger partial charge in [0.25, 0.3) is 0 Å². The molecule has 0 fully saturated rings. The quantitative estimate of drug-likeness (QED) is 0.905. The zero-order chi connectivity index (χ0) is 17.2. The summed E-state index contributed by atoms with van der Waals surface area (Å²) in [4.78, 5) is 0. The number of rotatable bonds is 5. The van der Waals surface area contributed by atoms with Gasteiger partial charge in [-0.2, -0.15) is 0 Å². The summed E-state index contributed by atoms with van der Waals surface area (Å²) < 4.78 is 13.6. The summed E-state index contributed by atoms with van der Waals surface area (Å²) in [5.41, 5.74) is 1.23. The van der Waals surface area contributed by atoms with Crippen LogP contribution in [0.4, 0.5) is 0 Å². The van der Waals surface area contributed by atoms with Crippen LogP contribution in [0.1, 0.15) is 43.4 Å². The first kappa shape index (κ1) is 16.4. The summed E-state index contributed by atoms with van der Waals surface area (Å²) >= 11 is 0. The highest BCUT2D eigenvalue weighted by atomic mass is 16.6. The molecule has 0 aliphatic carbocycles. The molecule has 2 aliphatic heterocycles. The molecule has 25 heavy (non-hydrogen) atoms. The highest BCUT2D eigenvalue weighted by Crippen LogP contribution is 2.30. The van der Waals surface area contributed by atoms with Crippen LogP contribution in [-0.2, 0) is 19.5 Å². The first-order valence-corrected chi connectivity index (χ1v) is 9.22. The van der Waals surface area contributed by atoms with Crippen molar-refractivity contribution >= 4 is 0 Å². The van der Waals surface area contributed by atoms with Crippen LogP contribution in [0.3, 0.4) is 0 Å². The Morgan fingerprint density at radius 1 is 1.20 bits per heavy atom. The third-order valence-corrected chi connectivity index (χ3v) is 4.96. The first-order chi connectivity index (χ1) is 12.2. The van der Waals surface area contributed by atoms with Crippen LogP contribution in [0, 0.1) is 5.92 Å². The van der Waals surface area contributed by atoms with E-state index in [2.05, 4.69) is 46.1 Å². The van der Waals surface area contributed by atoms with Crippen LogP contribution >= 0.6 is 0 Å². The highest BCUT2D eigenvalue weighted by molar-refractivity contribution is 5.43. The van der Waals surface area contributed by atoms with Crippen molar-refractivity contribution in [1.82, 2.24) is 20.1 Å². The zero-order valence-electron chi connectivity index (χ0n) is 15.0. The van der Waals surface area contributed by atoms with E-state index < -0.39 is 0 Å². The van der Waals surface area contributed by atoms with Gasteiger partial charge >= 0.3 is 0 Å². The predicted molar refractivity (Wildman–Crippen MR) is 95.1 cm³/mol. The second kappa shape index (κ2) is 7.04. The summed E-state index contributed by atoms with van der Waals surface area (Å²) in [5.74, 6) is 5.02. The van der Waals surface area contributed by atoms with Crippen molar-refractivity contribution < 1.29 is 9.47 Å². The Bertz CT molecular complexity index is 741. The maximum absolute atomic E-state index is 5.66. The van der Waals surface area contributed by atoms with Crippen LogP contribution in [0.15, 0.2) is 18.2 Å². The van der Waals surface area contributed by atoms with E-state index in [9.17, 15) is 0 Å². The maximum Gasteiger partial charge on any atom is 0.161 e. The Labute approximate surface area is 148 Å². The summed E-state index contributed by atoms with van der Waals surface area (Å²) in [6.07, 6.45) is 2.19. The molecular weight excluding hydrogens is 316 g/mol. The molecule has 1 N–H and O–H groups in total. The summed E-state index contributed by atoms with van der Waals surface area (Å²) in [5, 5.41) is 12.3. The number of nitrogens with zero attached hydrogens (tertiary/aromatic N) is 3. The van der Waals surface area contributed by atoms with Crippen molar-refractivity contribution in [2.75, 3.05) is 19.8 Å². The van der Waals surface area contributed by atoms with Crippen molar-refractivity contribution in [3.05, 3.63) is 35.4 Å². The fourth-order valence-corrected chi connectivity index (χ4v) is 3.63. The van der Waals surface area contributed by atoms with Crippen molar-refractivity contribution in [2.45, 2.75) is 45.7 Å². The lowest BCUT2D eigenvalue weighted by Gasteiger charge is -2.25. The minimum Gasteiger partial charge on any atom is -0.486 e. The van der Waals surface area contributed by atoms with E-state index in [-0.39, 0.29) is 0 Å². The molecular formula is C19H26N4O2. The van der Waals surface area contributed by atoms with Gasteiger partial charge < -0.3 is 19.4 Å². The number of nitrogens with one attached hydrogen (secondary N) is 1. The third-order valence-electron chi connectivity index (χ3n) is 4.96. The number of hydrogen-bond donors (Lipinski definition) is 1. The molecule has 1 atom stereocenters. The minimum absolute atomic E-state index is 0.422. The second-order valence-electron chi connectivity index (χ2n) is 7.25. The molecule has 6 nitrogen and oxygen atoms in total. The van der Waals surface area contributed by atoms with Crippen molar-refractivity contribution in [3.8, 4) is 11.5 Å². The van der Waals surface area contributed by atoms with Gasteiger partial charge in [-0.25, -0.2) is 0 Å². The van der Waals surface area contributed by atoms with Gasteiger partial charge in [0.2, 0.25) is 0 Å². The fourth-order valence-electron chi connectivity index (χ4n) is 3.63. The van der Waals surface area contributed by atoms with E-state index in [1.807, 2.05) is 6.07 Å². The number of fused-ring (bicyclic) bond motifs is 2. The molecule has 0 saturated carbocycles. The normalized spacial score (nSPS) is 19.1. The minimum atomic E-state index is 0.422. The maximum atomic E-state index is 5.66. The van der Waals surface area contributed by atoms with Gasteiger partial charge in [-0.05, 0) is 36.6 Å². The highest BCUT2D eigenvalue weighted by Gasteiger charge is 2.23. The largest absolute Gasteiger partial charge is 0.486 e. The third kappa shape index (κ3) is 3.49. The van der Waals surface area contributed by atoms with E-state index in [0.29, 0.717) is 25.0 Å². The van der Waals surface area contributed by atoms with Gasteiger partial charge in [0.05, 0.1) is 0 Å². The van der Waals surface area contributed by atoms with Gasteiger partial charge in [0, 0.05) is 25.4 Å². The SMILES string of the molecule is CC(C)c1nnc2n1C[C@H](CNCc1ccc3c(c1)OCCO3)CC2. The predicted octanol–water partition coefficient (Wildman–Crippen LogP) is 2.52. The molecule has 0 bridgehead atoms. The number of aromatic nitrogens is 3. The number of aryl methyl sites for hydroxylation is 1. The second-order valence-corrected chi connectivity index (χ2v) is 7.25. The average Bonchev–Trinajstić information content (AvgIpc) is 3.05. The number of hydrogen-bond acceptors (Lipinski definition) is 5. The fraction of sp³-hybridized carbons (Fsp3) is 0.579. The Morgan fingerprint density at radius 3 is 2.88 bits per heavy atom. The molecule has 4 rings (SSSR count). The Kier molecular flexibility index (Phi) is 4.61. The Hall–Kier alpha value is -2.08. The van der Waals surface area contributed by atoms with Crippen LogP contribution in [-0.4, -0.2) is 34.5 Å². The Balaban J connectivity index is 1.33. The van der Waals surface area contributed by atoms with Gasteiger partial charge in [0.15, 0.2) is 11.5 Å². The van der Waals surface area contributed by atoms with E-state index in [1.165, 1.54) is 12.0 Å². The van der Waals surface area contributed by atoms with E-state index in [0.717, 1.165) is 49.2 Å². The van der Waals surface area contributed by atoms with Crippen molar-refractivity contribution in [2.24, 2.45) is 5.92 Å². The zero-order valence-corrected chi connectivity index (χ0v) is 15.0. The monoisotopic (exact) mass is 342 g/mol. The smallest absolute Gasteiger partial charge is 0.161 e. The molecule has 1 aromatic heterocycles. The van der Waals surface area contributed by atoms with E-state index in [4.69, 9.17) is 9.47 Å². The Morgan fingerprint density at radius 2 is 2.04 bits per heavy atom. The lowest BCUT2D eigenvalue weighted by Crippen LogP contribution is -2.30. The molecule has 2 aliphatic rings. The average molecular weight is 342 g/mol. The standard InChI is InChI=1S/C19H26N4O2/c1-13(2)19-22-21-18-6-4-15(12-23(18)19)11-20-10-14-3-5-16-17(9-14)25-8-7-24-16/h3,5,9,13,15,20H,4,6-8,10-12H2,1-2H3/t15-/m0/s1. The first-order valence-electron chi connectivity index (χ1n) is 9.22. The molecule has 0 amide bonds. The van der Waals surface area contributed by atoms with Crippen LogP contribution in [0.5, 0.6) is 11.5 Å². The molecule has 0 unspecified atom stereocenters. The van der Waals surface area contributed by atoms with Gasteiger partial charge in [0.1, 0.15) is 24.9 Å². The van der Waals surface area contributed by atoms with Crippen LogP contribution in [0.2, 0.25) is 0 Å². The molecule has 2 aromatic rings. The summed E-state index contributed by atoms with van der Waals surface area (Å²) in [6.45, 7) is 8.50. The van der Waals surface area contributed by atoms with Gasteiger partial charge in [-0.3, -0.25) is 0 Å². The molecule has 0 saturated heterocycles. The number of benzene rings is 1. The van der Waals surface area contributed by atoms with E-state index in [1.54, 1.807) is 0 Å². The van der Waals surface area contributed by atoms with E-state index >= 15 is 0 Å². The van der Waals surface area contributed by atoms with Crippen molar-refractivity contribution in [1.29, 1.82) is 0 Å². The number of ether oxygens (including phenoxy) is 2. The molecule has 0 radical (unpaired) electrons. The van der Waals surface area contributed by atoms with Crippen LogP contribution in [0.25, 0.3) is 0 Å². The van der Waals surface area contributed by atoms with Crippen LogP contribution < -0.4 is 14.8 Å². The lowest BCUT2D eigenvalue weighted by molar-refractivity contribution is 0.171. The molecule has 1 aromatic carbocycles. The topological polar surface area (TPSA) is 61.2 Å². The molecule has 6 heteroatoms. The van der Waals surface area contributed by atoms with Gasteiger partial charge in [-0.1, -0.05) is 19.9 Å². The van der Waals surface area contributed by atoms with Gasteiger partial charge in [-0.15, -0.1) is 10.2 Å². The lowest BCUT2D eigenvalue weighted by atomic mass is 9.98. The van der Waals surface area contributed by atoms with Crippen molar-refractivity contribution in [3.63, 3.8) is 0 Å². The summed E-state index contributed by atoms with van der Waals surface area (Å²) in [7, 11) is 0. The summed E-state index contributed by atoms with van der Waals surface area (Å²) in [6, 6.07) is 6.19. The molecule has 3 heterocycles.